The van der Waals surface area contributed by atoms with E-state index in [9.17, 15) is 9.59 Å². The van der Waals surface area contributed by atoms with Crippen LogP contribution in [0.15, 0.2) is 9.59 Å². The van der Waals surface area contributed by atoms with Crippen LogP contribution in [-0.4, -0.2) is 40.8 Å². The zero-order valence-electron chi connectivity index (χ0n) is 11.1. The number of aromatic nitrogens is 2. The molecule has 1 aromatic heterocycles. The van der Waals surface area contributed by atoms with Gasteiger partial charge in [0, 0.05) is 26.2 Å². The average Bonchev–Trinajstić information content (AvgIpc) is 2.41. The molecule has 0 amide bonds. The van der Waals surface area contributed by atoms with E-state index in [0.29, 0.717) is 31.9 Å². The number of hydrogen-bond acceptors (Lipinski definition) is 5. The maximum absolute atomic E-state index is 11.9. The quantitative estimate of drug-likeness (QED) is 0.757. The van der Waals surface area contributed by atoms with E-state index in [1.807, 2.05) is 6.92 Å². The molecule has 0 saturated carbocycles. The maximum atomic E-state index is 11.9. The molecule has 19 heavy (non-hydrogen) atoms. The Morgan fingerprint density at radius 1 is 1.32 bits per heavy atom. The third-order valence-corrected chi connectivity index (χ3v) is 3.27. The highest BCUT2D eigenvalue weighted by molar-refractivity contribution is 5.38. The van der Waals surface area contributed by atoms with Crippen LogP contribution in [0.25, 0.3) is 0 Å². The van der Waals surface area contributed by atoms with Crippen LogP contribution in [-0.2, 0) is 17.8 Å². The average molecular weight is 268 g/mol. The van der Waals surface area contributed by atoms with E-state index in [-0.39, 0.29) is 11.4 Å². The van der Waals surface area contributed by atoms with Crippen molar-refractivity contribution < 1.29 is 4.74 Å². The van der Waals surface area contributed by atoms with Gasteiger partial charge in [-0.15, -0.1) is 0 Å². The minimum atomic E-state index is -0.435. The largest absolute Gasteiger partial charge is 0.385 e. The first-order valence-electron chi connectivity index (χ1n) is 6.55. The van der Waals surface area contributed by atoms with Crippen molar-refractivity contribution in [1.29, 1.82) is 0 Å². The number of morpholine rings is 1. The Morgan fingerprint density at radius 3 is 2.63 bits per heavy atom. The minimum absolute atomic E-state index is 0.280. The van der Waals surface area contributed by atoms with Crippen molar-refractivity contribution in [2.24, 2.45) is 0 Å². The summed E-state index contributed by atoms with van der Waals surface area (Å²) in [4.78, 5) is 28.0. The lowest BCUT2D eigenvalue weighted by Gasteiger charge is -2.26. The number of nitrogens with one attached hydrogen (secondary N) is 1. The van der Waals surface area contributed by atoms with E-state index in [1.54, 1.807) is 0 Å². The van der Waals surface area contributed by atoms with Gasteiger partial charge >= 0.3 is 5.69 Å². The lowest BCUT2D eigenvalue weighted by molar-refractivity contribution is 0.0340. The van der Waals surface area contributed by atoms with Crippen LogP contribution in [0.4, 0.5) is 5.82 Å². The highest BCUT2D eigenvalue weighted by Crippen LogP contribution is 2.09. The summed E-state index contributed by atoms with van der Waals surface area (Å²) in [6.45, 7) is 5.78. The molecule has 0 aliphatic carbocycles. The molecular formula is C12H20N4O3. The van der Waals surface area contributed by atoms with Crippen molar-refractivity contribution in [1.82, 2.24) is 14.5 Å². The van der Waals surface area contributed by atoms with Gasteiger partial charge in [-0.05, 0) is 6.42 Å². The fraction of sp³-hybridized carbons (Fsp3) is 0.667. The highest BCUT2D eigenvalue weighted by Gasteiger charge is 2.17. The van der Waals surface area contributed by atoms with Gasteiger partial charge in [-0.1, -0.05) is 6.92 Å². The molecule has 2 heterocycles. The van der Waals surface area contributed by atoms with Crippen molar-refractivity contribution in [2.75, 3.05) is 32.0 Å². The molecule has 7 heteroatoms. The van der Waals surface area contributed by atoms with Crippen LogP contribution in [0.1, 0.15) is 18.9 Å². The van der Waals surface area contributed by atoms with Crippen molar-refractivity contribution in [3.8, 4) is 0 Å². The number of rotatable bonds is 4. The van der Waals surface area contributed by atoms with Gasteiger partial charge in [-0.3, -0.25) is 19.2 Å². The Morgan fingerprint density at radius 2 is 2.00 bits per heavy atom. The number of ether oxygens (including phenoxy) is 1. The first-order chi connectivity index (χ1) is 9.13. The normalized spacial score (nSPS) is 16.7. The summed E-state index contributed by atoms with van der Waals surface area (Å²) >= 11 is 0. The van der Waals surface area contributed by atoms with E-state index in [2.05, 4.69) is 9.88 Å². The number of aromatic amines is 1. The predicted molar refractivity (Wildman–Crippen MR) is 72.1 cm³/mol. The summed E-state index contributed by atoms with van der Waals surface area (Å²) in [7, 11) is 0. The van der Waals surface area contributed by atoms with Crippen molar-refractivity contribution in [3.05, 3.63) is 26.4 Å². The summed E-state index contributed by atoms with van der Waals surface area (Å²) in [6, 6.07) is 0. The first-order valence-corrected chi connectivity index (χ1v) is 6.55. The topological polar surface area (TPSA) is 93.3 Å². The molecule has 1 saturated heterocycles. The van der Waals surface area contributed by atoms with Crippen molar-refractivity contribution in [3.63, 3.8) is 0 Å². The van der Waals surface area contributed by atoms with Gasteiger partial charge in [0.1, 0.15) is 5.82 Å². The van der Waals surface area contributed by atoms with Gasteiger partial charge in [0.2, 0.25) is 0 Å². The standard InChI is InChI=1S/C12H20N4O3/c1-2-3-16-10(13)9(11(17)14-12(16)18)8-15-4-6-19-7-5-15/h2-8,13H2,1H3,(H,14,17,18). The number of nitrogens with zero attached hydrogens (tertiary/aromatic N) is 2. The molecule has 1 fully saturated rings. The third-order valence-electron chi connectivity index (χ3n) is 3.27. The van der Waals surface area contributed by atoms with Crippen LogP contribution in [0.3, 0.4) is 0 Å². The predicted octanol–water partition coefficient (Wildman–Crippen LogP) is -0.639. The maximum Gasteiger partial charge on any atom is 0.329 e. The van der Waals surface area contributed by atoms with E-state index in [0.717, 1.165) is 19.5 Å². The Kier molecular flexibility index (Phi) is 4.39. The second-order valence-corrected chi connectivity index (χ2v) is 4.66. The molecule has 106 valence electrons. The van der Waals surface area contributed by atoms with Gasteiger partial charge in [0.15, 0.2) is 0 Å². The molecule has 0 atom stereocenters. The van der Waals surface area contributed by atoms with Crippen molar-refractivity contribution >= 4 is 5.82 Å². The zero-order valence-corrected chi connectivity index (χ0v) is 11.1. The minimum Gasteiger partial charge on any atom is -0.385 e. The van der Waals surface area contributed by atoms with Gasteiger partial charge in [0.05, 0.1) is 18.8 Å². The van der Waals surface area contributed by atoms with Gasteiger partial charge in [-0.2, -0.15) is 0 Å². The van der Waals surface area contributed by atoms with Crippen molar-refractivity contribution in [2.45, 2.75) is 26.4 Å². The lowest BCUT2D eigenvalue weighted by Crippen LogP contribution is -2.40. The molecule has 0 bridgehead atoms. The molecule has 0 spiro atoms. The summed E-state index contributed by atoms with van der Waals surface area (Å²) < 4.78 is 6.69. The van der Waals surface area contributed by atoms with Crippen LogP contribution >= 0.6 is 0 Å². The lowest BCUT2D eigenvalue weighted by atomic mass is 10.2. The Bertz CT molecular complexity index is 543. The fourth-order valence-electron chi connectivity index (χ4n) is 2.21. The van der Waals surface area contributed by atoms with Gasteiger partial charge in [0.25, 0.3) is 5.56 Å². The van der Waals surface area contributed by atoms with Gasteiger partial charge in [-0.25, -0.2) is 4.79 Å². The molecule has 0 radical (unpaired) electrons. The molecule has 2 rings (SSSR count). The van der Waals surface area contributed by atoms with E-state index in [1.165, 1.54) is 4.57 Å². The number of anilines is 1. The highest BCUT2D eigenvalue weighted by atomic mass is 16.5. The second kappa shape index (κ2) is 6.03. The van der Waals surface area contributed by atoms with E-state index in [4.69, 9.17) is 10.5 Å². The molecule has 0 unspecified atom stereocenters. The molecule has 1 aliphatic rings. The second-order valence-electron chi connectivity index (χ2n) is 4.66. The third kappa shape index (κ3) is 3.05. The first kappa shape index (κ1) is 13.8. The zero-order chi connectivity index (χ0) is 13.8. The Hall–Kier alpha value is -1.60. The van der Waals surface area contributed by atoms with Crippen LogP contribution in [0, 0.1) is 0 Å². The summed E-state index contributed by atoms with van der Waals surface area (Å²) in [5, 5.41) is 0. The molecular weight excluding hydrogens is 248 g/mol. The number of nitrogens with two attached hydrogens (primary N) is 1. The Balaban J connectivity index is 2.30. The molecule has 3 N–H and O–H groups in total. The summed E-state index contributed by atoms with van der Waals surface area (Å²) in [5.41, 5.74) is 5.62. The number of nitrogen functional groups attached to an aromatic ring is 1. The van der Waals surface area contributed by atoms with E-state index < -0.39 is 5.69 Å². The Labute approximate surface area is 111 Å². The molecule has 1 aliphatic heterocycles. The smallest absolute Gasteiger partial charge is 0.329 e. The van der Waals surface area contributed by atoms with Crippen LogP contribution in [0.5, 0.6) is 0 Å². The molecule has 1 aromatic rings. The number of hydrogen-bond donors (Lipinski definition) is 2. The summed E-state index contributed by atoms with van der Waals surface area (Å²) in [5.74, 6) is 0.280. The molecule has 7 nitrogen and oxygen atoms in total. The van der Waals surface area contributed by atoms with Crippen LogP contribution in [0.2, 0.25) is 0 Å². The number of H-pyrrole nitrogens is 1. The van der Waals surface area contributed by atoms with Gasteiger partial charge < -0.3 is 10.5 Å². The van der Waals surface area contributed by atoms with E-state index >= 15 is 0 Å². The SMILES string of the molecule is CCCn1c(N)c(CN2CCOCC2)c(=O)[nH]c1=O. The molecule has 0 aromatic carbocycles. The fourth-order valence-corrected chi connectivity index (χ4v) is 2.21. The van der Waals surface area contributed by atoms with Crippen LogP contribution < -0.4 is 17.0 Å². The summed E-state index contributed by atoms with van der Waals surface area (Å²) in [6.07, 6.45) is 0.785. The monoisotopic (exact) mass is 268 g/mol.